The summed E-state index contributed by atoms with van der Waals surface area (Å²) in [5.74, 6) is 0.610. The number of hydrogen-bond donors (Lipinski definition) is 2. The Morgan fingerprint density at radius 2 is 1.94 bits per heavy atom. The van der Waals surface area contributed by atoms with Crippen LogP contribution in [0.1, 0.15) is 26.7 Å². The number of halogens is 1. The maximum Gasteiger partial charge on any atom is 0.239 e. The van der Waals surface area contributed by atoms with Crippen molar-refractivity contribution in [1.29, 1.82) is 0 Å². The lowest BCUT2D eigenvalue weighted by Gasteiger charge is -2.33. The van der Waals surface area contributed by atoms with Crippen LogP contribution in [0.2, 0.25) is 0 Å². The zero-order chi connectivity index (χ0) is 11.4. The number of carbonyl (C=O) groups excluding carboxylic acids is 1. The molecule has 0 spiro atoms. The van der Waals surface area contributed by atoms with E-state index in [9.17, 15) is 4.79 Å². The highest BCUT2D eigenvalue weighted by Crippen LogP contribution is 2.17. The number of nitrogens with zero attached hydrogens (tertiary/aromatic N) is 1. The van der Waals surface area contributed by atoms with Crippen LogP contribution >= 0.6 is 12.4 Å². The minimum absolute atomic E-state index is 0. The van der Waals surface area contributed by atoms with E-state index in [1.165, 1.54) is 0 Å². The minimum atomic E-state index is -0.379. The molecule has 0 saturated carbocycles. The molecular weight excluding hydrogens is 228 g/mol. The third-order valence-corrected chi connectivity index (χ3v) is 3.19. The smallest absolute Gasteiger partial charge is 0.239 e. The molecule has 1 fully saturated rings. The lowest BCUT2D eigenvalue weighted by Crippen LogP contribution is -2.49. The highest BCUT2D eigenvalue weighted by atomic mass is 35.5. The van der Waals surface area contributed by atoms with Gasteiger partial charge in [0.1, 0.15) is 0 Å². The Morgan fingerprint density at radius 3 is 2.31 bits per heavy atom. The average Bonchev–Trinajstić information content (AvgIpc) is 2.27. The topological polar surface area (TPSA) is 66.6 Å². The molecule has 0 radical (unpaired) electrons. The molecule has 4 nitrogen and oxygen atoms in total. The standard InChI is InChI=1S/C11H22N2O2.ClH/c1-8(2)10(12)11(15)13-5-3-9(7-14)4-6-13;/h8-10,14H,3-7,12H2,1-2H3;1H/t10-;/m0./s1. The third kappa shape index (κ3) is 3.92. The van der Waals surface area contributed by atoms with Gasteiger partial charge in [-0.15, -0.1) is 12.4 Å². The number of likely N-dealkylation sites (tertiary alicyclic amines) is 1. The van der Waals surface area contributed by atoms with Crippen molar-refractivity contribution in [3.8, 4) is 0 Å². The largest absolute Gasteiger partial charge is 0.396 e. The van der Waals surface area contributed by atoms with Gasteiger partial charge in [0.2, 0.25) is 5.91 Å². The van der Waals surface area contributed by atoms with Crippen LogP contribution in [0.25, 0.3) is 0 Å². The van der Waals surface area contributed by atoms with Gasteiger partial charge in [0.05, 0.1) is 6.04 Å². The zero-order valence-corrected chi connectivity index (χ0v) is 10.9. The van der Waals surface area contributed by atoms with E-state index in [1.54, 1.807) is 0 Å². The molecule has 1 aliphatic heterocycles. The Hall–Kier alpha value is -0.320. The summed E-state index contributed by atoms with van der Waals surface area (Å²) in [7, 11) is 0. The molecule has 0 aromatic rings. The predicted octanol–water partition coefficient (Wildman–Crippen LogP) is 0.622. The maximum atomic E-state index is 11.9. The van der Waals surface area contributed by atoms with Gasteiger partial charge >= 0.3 is 0 Å². The van der Waals surface area contributed by atoms with Crippen LogP contribution in [0.4, 0.5) is 0 Å². The predicted molar refractivity (Wildman–Crippen MR) is 66.5 cm³/mol. The molecule has 3 N–H and O–H groups in total. The van der Waals surface area contributed by atoms with Gasteiger partial charge in [-0.25, -0.2) is 0 Å². The van der Waals surface area contributed by atoms with Gasteiger partial charge < -0.3 is 15.7 Å². The average molecular weight is 251 g/mol. The van der Waals surface area contributed by atoms with Crippen molar-refractivity contribution >= 4 is 18.3 Å². The SMILES string of the molecule is CC(C)[C@H](N)C(=O)N1CCC(CO)CC1.Cl. The number of hydrogen-bond acceptors (Lipinski definition) is 3. The quantitative estimate of drug-likeness (QED) is 0.772. The molecule has 0 aromatic heterocycles. The molecule has 1 aliphatic rings. The maximum absolute atomic E-state index is 11.9. The first-order valence-corrected chi connectivity index (χ1v) is 5.71. The lowest BCUT2D eigenvalue weighted by atomic mass is 9.96. The van der Waals surface area contributed by atoms with Gasteiger partial charge in [-0.05, 0) is 24.7 Å². The van der Waals surface area contributed by atoms with Gasteiger partial charge in [0, 0.05) is 19.7 Å². The van der Waals surface area contributed by atoms with Gasteiger partial charge in [-0.3, -0.25) is 4.79 Å². The van der Waals surface area contributed by atoms with Crippen LogP contribution in [0.5, 0.6) is 0 Å². The fourth-order valence-electron chi connectivity index (χ4n) is 1.83. The van der Waals surface area contributed by atoms with Gasteiger partial charge in [0.25, 0.3) is 0 Å². The minimum Gasteiger partial charge on any atom is -0.396 e. The normalized spacial score (nSPS) is 19.4. The fraction of sp³-hybridized carbons (Fsp3) is 0.909. The zero-order valence-electron chi connectivity index (χ0n) is 10.1. The van der Waals surface area contributed by atoms with Crippen molar-refractivity contribution in [1.82, 2.24) is 4.90 Å². The van der Waals surface area contributed by atoms with Crippen molar-refractivity contribution < 1.29 is 9.90 Å². The first-order chi connectivity index (χ1) is 7.06. The van der Waals surface area contributed by atoms with E-state index in [4.69, 9.17) is 10.8 Å². The Labute approximate surface area is 104 Å². The molecule has 1 heterocycles. The number of rotatable bonds is 3. The Bertz CT molecular complexity index is 216. The van der Waals surface area contributed by atoms with E-state index >= 15 is 0 Å². The van der Waals surface area contributed by atoms with Crippen molar-refractivity contribution in [3.63, 3.8) is 0 Å². The highest BCUT2D eigenvalue weighted by Gasteiger charge is 2.27. The van der Waals surface area contributed by atoms with E-state index < -0.39 is 0 Å². The van der Waals surface area contributed by atoms with Crippen molar-refractivity contribution in [2.24, 2.45) is 17.6 Å². The summed E-state index contributed by atoms with van der Waals surface area (Å²) in [6, 6.07) is -0.379. The second-order valence-electron chi connectivity index (χ2n) is 4.72. The van der Waals surface area contributed by atoms with Gasteiger partial charge in [-0.1, -0.05) is 13.8 Å². The van der Waals surface area contributed by atoms with E-state index in [0.29, 0.717) is 5.92 Å². The fourth-order valence-corrected chi connectivity index (χ4v) is 1.83. The summed E-state index contributed by atoms with van der Waals surface area (Å²) < 4.78 is 0. The summed E-state index contributed by atoms with van der Waals surface area (Å²) in [5, 5.41) is 8.99. The molecule has 1 amide bonds. The highest BCUT2D eigenvalue weighted by molar-refractivity contribution is 5.85. The van der Waals surface area contributed by atoms with Crippen LogP contribution in [0.15, 0.2) is 0 Å². The number of aliphatic hydroxyl groups excluding tert-OH is 1. The molecule has 1 atom stereocenters. The summed E-state index contributed by atoms with van der Waals surface area (Å²) in [6.07, 6.45) is 1.79. The second kappa shape index (κ2) is 7.09. The van der Waals surface area contributed by atoms with Gasteiger partial charge in [-0.2, -0.15) is 0 Å². The van der Waals surface area contributed by atoms with Gasteiger partial charge in [0.15, 0.2) is 0 Å². The molecule has 96 valence electrons. The molecule has 0 bridgehead atoms. The first kappa shape index (κ1) is 15.7. The first-order valence-electron chi connectivity index (χ1n) is 5.71. The Kier molecular flexibility index (Phi) is 6.95. The number of aliphatic hydroxyl groups is 1. The number of nitrogens with two attached hydrogens (primary N) is 1. The summed E-state index contributed by atoms with van der Waals surface area (Å²) in [5.41, 5.74) is 5.82. The van der Waals surface area contributed by atoms with Crippen LogP contribution in [-0.2, 0) is 4.79 Å². The Morgan fingerprint density at radius 1 is 1.44 bits per heavy atom. The third-order valence-electron chi connectivity index (χ3n) is 3.19. The molecule has 1 rings (SSSR count). The van der Waals surface area contributed by atoms with Crippen molar-refractivity contribution in [3.05, 3.63) is 0 Å². The molecule has 0 aliphatic carbocycles. The number of piperidine rings is 1. The molecule has 0 aromatic carbocycles. The summed E-state index contributed by atoms with van der Waals surface area (Å²) >= 11 is 0. The molecule has 16 heavy (non-hydrogen) atoms. The molecular formula is C11H23ClN2O2. The van der Waals surface area contributed by atoms with Crippen LogP contribution < -0.4 is 5.73 Å². The van der Waals surface area contributed by atoms with E-state index in [0.717, 1.165) is 25.9 Å². The molecule has 0 unspecified atom stereocenters. The molecule has 1 saturated heterocycles. The van der Waals surface area contributed by atoms with E-state index in [2.05, 4.69) is 0 Å². The van der Waals surface area contributed by atoms with Crippen LogP contribution in [0.3, 0.4) is 0 Å². The molecule has 5 heteroatoms. The monoisotopic (exact) mass is 250 g/mol. The van der Waals surface area contributed by atoms with Crippen LogP contribution in [0, 0.1) is 11.8 Å². The Balaban J connectivity index is 0.00000225. The van der Waals surface area contributed by atoms with Crippen LogP contribution in [-0.4, -0.2) is 41.7 Å². The van der Waals surface area contributed by atoms with E-state index in [1.807, 2.05) is 18.7 Å². The number of amides is 1. The summed E-state index contributed by atoms with van der Waals surface area (Å²) in [4.78, 5) is 13.7. The summed E-state index contributed by atoms with van der Waals surface area (Å²) in [6.45, 7) is 5.64. The van der Waals surface area contributed by atoms with Crippen molar-refractivity contribution in [2.75, 3.05) is 19.7 Å². The second-order valence-corrected chi connectivity index (χ2v) is 4.72. The lowest BCUT2D eigenvalue weighted by molar-refractivity contribution is -0.135. The number of carbonyl (C=O) groups is 1. The van der Waals surface area contributed by atoms with Crippen molar-refractivity contribution in [2.45, 2.75) is 32.7 Å². The van der Waals surface area contributed by atoms with E-state index in [-0.39, 0.29) is 36.9 Å².